The van der Waals surface area contributed by atoms with Crippen molar-refractivity contribution in [1.82, 2.24) is 10.3 Å². The number of nitrogens with one attached hydrogen (secondary N) is 1. The van der Waals surface area contributed by atoms with Crippen LogP contribution in [0.15, 0.2) is 41.1 Å². The third kappa shape index (κ3) is 3.80. The number of aromatic nitrogens is 1. The lowest BCUT2D eigenvalue weighted by atomic mass is 9.99. The van der Waals surface area contributed by atoms with Crippen molar-refractivity contribution in [3.05, 3.63) is 58.1 Å². The van der Waals surface area contributed by atoms with Crippen LogP contribution in [0.5, 0.6) is 5.75 Å². The summed E-state index contributed by atoms with van der Waals surface area (Å²) in [6.07, 6.45) is 4.09. The molecule has 5 heteroatoms. The highest BCUT2D eigenvalue weighted by Gasteiger charge is 2.18. The second-order valence-electron chi connectivity index (χ2n) is 4.64. The molecule has 0 bridgehead atoms. The Hall–Kier alpha value is -1.46. The molecule has 3 nitrogen and oxygen atoms in total. The molecule has 2 aromatic rings. The van der Waals surface area contributed by atoms with E-state index in [1.165, 1.54) is 6.07 Å². The lowest BCUT2D eigenvalue weighted by Gasteiger charge is -2.21. The van der Waals surface area contributed by atoms with Crippen molar-refractivity contribution >= 4 is 15.9 Å². The van der Waals surface area contributed by atoms with E-state index in [0.717, 1.165) is 23.4 Å². The fraction of sp³-hybridized carbons (Fsp3) is 0.312. The molecule has 0 aliphatic rings. The first-order valence-corrected chi connectivity index (χ1v) is 7.60. The molecular formula is C16H18BrFN2O. The summed E-state index contributed by atoms with van der Waals surface area (Å²) in [5, 5.41) is 3.42. The number of rotatable bonds is 6. The zero-order chi connectivity index (χ0) is 15.2. The van der Waals surface area contributed by atoms with Gasteiger partial charge in [0.05, 0.1) is 17.8 Å². The van der Waals surface area contributed by atoms with Crippen molar-refractivity contribution in [2.75, 3.05) is 13.7 Å². The fourth-order valence-electron chi connectivity index (χ4n) is 2.31. The Morgan fingerprint density at radius 2 is 2.19 bits per heavy atom. The van der Waals surface area contributed by atoms with Crippen molar-refractivity contribution in [2.24, 2.45) is 0 Å². The van der Waals surface area contributed by atoms with Gasteiger partial charge in [-0.15, -0.1) is 0 Å². The minimum Gasteiger partial charge on any atom is -0.495 e. The molecule has 1 unspecified atom stereocenters. The maximum absolute atomic E-state index is 13.7. The molecule has 1 aromatic heterocycles. The largest absolute Gasteiger partial charge is 0.495 e. The van der Waals surface area contributed by atoms with Crippen molar-refractivity contribution in [2.45, 2.75) is 19.4 Å². The summed E-state index contributed by atoms with van der Waals surface area (Å²) >= 11 is 3.32. The van der Waals surface area contributed by atoms with E-state index in [1.807, 2.05) is 19.1 Å². The summed E-state index contributed by atoms with van der Waals surface area (Å²) in [5.74, 6) is 0.486. The average Bonchev–Trinajstić information content (AvgIpc) is 2.51. The van der Waals surface area contributed by atoms with Crippen LogP contribution in [0.3, 0.4) is 0 Å². The molecule has 1 heterocycles. The van der Waals surface area contributed by atoms with Crippen molar-refractivity contribution < 1.29 is 9.13 Å². The van der Waals surface area contributed by atoms with Gasteiger partial charge in [0.15, 0.2) is 0 Å². The Morgan fingerprint density at radius 3 is 2.90 bits per heavy atom. The van der Waals surface area contributed by atoms with E-state index < -0.39 is 0 Å². The van der Waals surface area contributed by atoms with Crippen LogP contribution >= 0.6 is 15.9 Å². The normalized spacial score (nSPS) is 12.2. The highest BCUT2D eigenvalue weighted by molar-refractivity contribution is 9.10. The minimum atomic E-state index is -0.246. The number of benzene rings is 1. The van der Waals surface area contributed by atoms with Gasteiger partial charge in [0, 0.05) is 17.8 Å². The fourth-order valence-corrected chi connectivity index (χ4v) is 2.74. The van der Waals surface area contributed by atoms with Gasteiger partial charge in [-0.2, -0.15) is 0 Å². The van der Waals surface area contributed by atoms with Crippen molar-refractivity contribution in [3.63, 3.8) is 0 Å². The first-order valence-electron chi connectivity index (χ1n) is 6.81. The van der Waals surface area contributed by atoms with Crippen molar-refractivity contribution in [3.8, 4) is 5.75 Å². The second kappa shape index (κ2) is 7.52. The van der Waals surface area contributed by atoms with Gasteiger partial charge >= 0.3 is 0 Å². The number of nitrogens with zero attached hydrogens (tertiary/aromatic N) is 1. The van der Waals surface area contributed by atoms with Gasteiger partial charge in [-0.1, -0.05) is 19.1 Å². The van der Waals surface area contributed by atoms with Gasteiger partial charge < -0.3 is 10.1 Å². The van der Waals surface area contributed by atoms with Crippen LogP contribution < -0.4 is 10.1 Å². The molecule has 0 fully saturated rings. The zero-order valence-corrected chi connectivity index (χ0v) is 13.7. The molecule has 1 N–H and O–H groups in total. The number of methoxy groups -OCH3 is 1. The molecule has 1 atom stereocenters. The lowest BCUT2D eigenvalue weighted by molar-refractivity contribution is 0.397. The highest BCUT2D eigenvalue weighted by atomic mass is 79.9. The number of ether oxygens (including phenoxy) is 1. The van der Waals surface area contributed by atoms with Crippen LogP contribution in [0.25, 0.3) is 0 Å². The number of hydrogen-bond donors (Lipinski definition) is 1. The van der Waals surface area contributed by atoms with Gasteiger partial charge in [0.2, 0.25) is 0 Å². The Kier molecular flexibility index (Phi) is 5.70. The molecule has 112 valence electrons. The second-order valence-corrected chi connectivity index (χ2v) is 5.44. The zero-order valence-electron chi connectivity index (χ0n) is 12.1. The van der Waals surface area contributed by atoms with Crippen LogP contribution in [-0.4, -0.2) is 18.6 Å². The maximum Gasteiger partial charge on any atom is 0.141 e. The van der Waals surface area contributed by atoms with Gasteiger partial charge in [-0.05, 0) is 46.6 Å². The van der Waals surface area contributed by atoms with Gasteiger partial charge in [0.25, 0.3) is 0 Å². The van der Waals surface area contributed by atoms with Crippen LogP contribution in [0.2, 0.25) is 0 Å². The molecule has 0 aliphatic heterocycles. The summed E-state index contributed by atoms with van der Waals surface area (Å²) in [5.41, 5.74) is 1.94. The van der Waals surface area contributed by atoms with Gasteiger partial charge in [0.1, 0.15) is 11.6 Å². The van der Waals surface area contributed by atoms with Crippen LogP contribution in [0.1, 0.15) is 24.1 Å². The van der Waals surface area contributed by atoms with Crippen LogP contribution in [0.4, 0.5) is 4.39 Å². The number of hydrogen-bond acceptors (Lipinski definition) is 3. The highest BCUT2D eigenvalue weighted by Crippen LogP contribution is 2.30. The Bertz CT molecular complexity index is 607. The molecular weight excluding hydrogens is 335 g/mol. The molecule has 0 amide bonds. The number of likely N-dealkylation sites (N-methyl/N-ethyl adjacent to an activating group) is 1. The smallest absolute Gasteiger partial charge is 0.141 e. The summed E-state index contributed by atoms with van der Waals surface area (Å²) in [6, 6.07) is 7.06. The average molecular weight is 353 g/mol. The maximum atomic E-state index is 13.7. The SMILES string of the molecule is CCNC(Cc1cccc(F)c1Br)c1ccncc1OC. The first-order chi connectivity index (χ1) is 10.2. The summed E-state index contributed by atoms with van der Waals surface area (Å²) in [4.78, 5) is 4.08. The standard InChI is InChI=1S/C16H18BrFN2O/c1-3-20-14(12-7-8-19-10-15(12)21-2)9-11-5-4-6-13(18)16(11)17/h4-8,10,14,20H,3,9H2,1-2H3. The van der Waals surface area contributed by atoms with Gasteiger partial charge in [-0.25, -0.2) is 4.39 Å². The van der Waals surface area contributed by atoms with Gasteiger partial charge in [-0.3, -0.25) is 4.98 Å². The number of halogens is 2. The third-order valence-electron chi connectivity index (χ3n) is 3.32. The van der Waals surface area contributed by atoms with E-state index in [1.54, 1.807) is 25.6 Å². The van der Waals surface area contributed by atoms with E-state index in [0.29, 0.717) is 10.9 Å². The van der Waals surface area contributed by atoms with Crippen molar-refractivity contribution in [1.29, 1.82) is 0 Å². The summed E-state index contributed by atoms with van der Waals surface area (Å²) < 4.78 is 19.6. The predicted molar refractivity (Wildman–Crippen MR) is 85.0 cm³/mol. The van der Waals surface area contributed by atoms with Crippen LogP contribution in [-0.2, 0) is 6.42 Å². The molecule has 2 rings (SSSR count). The molecule has 21 heavy (non-hydrogen) atoms. The summed E-state index contributed by atoms with van der Waals surface area (Å²) in [7, 11) is 1.63. The third-order valence-corrected chi connectivity index (χ3v) is 4.21. The Labute approximate surface area is 132 Å². The molecule has 0 aliphatic carbocycles. The molecule has 1 aromatic carbocycles. The Morgan fingerprint density at radius 1 is 1.38 bits per heavy atom. The topological polar surface area (TPSA) is 34.2 Å². The lowest BCUT2D eigenvalue weighted by Crippen LogP contribution is -2.23. The first kappa shape index (κ1) is 15.9. The van der Waals surface area contributed by atoms with E-state index in [9.17, 15) is 4.39 Å². The van der Waals surface area contributed by atoms with E-state index in [2.05, 4.69) is 26.2 Å². The number of pyridine rings is 1. The van der Waals surface area contributed by atoms with Crippen LogP contribution in [0, 0.1) is 5.82 Å². The predicted octanol–water partition coefficient (Wildman–Crippen LogP) is 3.89. The minimum absolute atomic E-state index is 0.0334. The molecule has 0 saturated heterocycles. The summed E-state index contributed by atoms with van der Waals surface area (Å²) in [6.45, 7) is 2.85. The van der Waals surface area contributed by atoms with E-state index >= 15 is 0 Å². The Balaban J connectivity index is 2.33. The molecule has 0 radical (unpaired) electrons. The molecule has 0 saturated carbocycles. The quantitative estimate of drug-likeness (QED) is 0.856. The van der Waals surface area contributed by atoms with E-state index in [4.69, 9.17) is 4.74 Å². The molecule has 0 spiro atoms. The monoisotopic (exact) mass is 352 g/mol. The van der Waals surface area contributed by atoms with E-state index in [-0.39, 0.29) is 11.9 Å².